The van der Waals surface area contributed by atoms with Gasteiger partial charge >= 0.3 is 11.9 Å². The van der Waals surface area contributed by atoms with E-state index in [1.54, 1.807) is 23.2 Å². The second kappa shape index (κ2) is 8.96. The fourth-order valence-electron chi connectivity index (χ4n) is 4.43. The lowest BCUT2D eigenvalue weighted by Crippen LogP contribution is -2.14. The summed E-state index contributed by atoms with van der Waals surface area (Å²) in [6.07, 6.45) is 0. The van der Waals surface area contributed by atoms with E-state index in [0.717, 1.165) is 11.0 Å². The molecule has 5 aromatic rings. The van der Waals surface area contributed by atoms with Crippen LogP contribution in [0.4, 0.5) is 0 Å². The van der Waals surface area contributed by atoms with Crippen molar-refractivity contribution in [1.82, 2.24) is 19.1 Å². The topological polar surface area (TPSA) is 88.2 Å². The molecule has 8 nitrogen and oxygen atoms in total. The Kier molecular flexibility index (Phi) is 5.94. The molecule has 0 aliphatic rings. The largest absolute Gasteiger partial charge is 0.465 e. The third-order valence-electron chi connectivity index (χ3n) is 6.18. The Morgan fingerprint density at radius 2 is 1.06 bits per heavy atom. The summed E-state index contributed by atoms with van der Waals surface area (Å²) in [5, 5.41) is -0.0979. The van der Waals surface area contributed by atoms with Crippen LogP contribution in [-0.2, 0) is 23.6 Å². The predicted molar refractivity (Wildman–Crippen MR) is 139 cm³/mol. The highest BCUT2D eigenvalue weighted by Gasteiger charge is 2.35. The highest BCUT2D eigenvalue weighted by atomic mass is 35.5. The third kappa shape index (κ3) is 3.44. The van der Waals surface area contributed by atoms with Crippen molar-refractivity contribution < 1.29 is 19.1 Å². The Bertz CT molecular complexity index is 1580. The zero-order valence-electron chi connectivity index (χ0n) is 19.8. The van der Waals surface area contributed by atoms with Crippen molar-refractivity contribution in [2.45, 2.75) is 0 Å². The standard InChI is InChI=1S/C26H20Cl2N4O4/c1-31-15-11-7-5-9-13(15)29-23(31)17-19(25(33)35-3)22(28)18(20(21(17)27)26(34)36-4)24-30-14-10-6-8-12-16(14)32(24)2/h5-12H,1-4H3. The minimum Gasteiger partial charge on any atom is -0.465 e. The van der Waals surface area contributed by atoms with Gasteiger partial charge in [-0.3, -0.25) is 0 Å². The van der Waals surface area contributed by atoms with E-state index in [4.69, 9.17) is 32.7 Å². The third-order valence-corrected chi connectivity index (χ3v) is 6.93. The van der Waals surface area contributed by atoms with E-state index in [2.05, 4.69) is 9.97 Å². The summed E-state index contributed by atoms with van der Waals surface area (Å²) in [4.78, 5) is 35.7. The van der Waals surface area contributed by atoms with Crippen LogP contribution in [0.15, 0.2) is 48.5 Å². The van der Waals surface area contributed by atoms with E-state index in [-0.39, 0.29) is 32.3 Å². The van der Waals surface area contributed by atoms with Crippen molar-refractivity contribution in [3.8, 4) is 22.8 Å². The molecular weight excluding hydrogens is 503 g/mol. The first kappa shape index (κ1) is 23.8. The number of para-hydroxylation sites is 4. The molecule has 0 saturated heterocycles. The van der Waals surface area contributed by atoms with Gasteiger partial charge in [0.2, 0.25) is 0 Å². The number of benzene rings is 3. The number of aromatic nitrogens is 4. The SMILES string of the molecule is COC(=O)c1c(Cl)c(-c2nc3ccccc3n2C)c(C(=O)OC)c(Cl)c1-c1nc2ccccc2n1C. The first-order chi connectivity index (χ1) is 17.3. The monoisotopic (exact) mass is 522 g/mol. The van der Waals surface area contributed by atoms with Crippen molar-refractivity contribution in [3.63, 3.8) is 0 Å². The number of halogens is 2. The zero-order valence-corrected chi connectivity index (χ0v) is 21.3. The molecule has 5 rings (SSSR count). The Hall–Kier alpha value is -3.88. The summed E-state index contributed by atoms with van der Waals surface area (Å²) in [6.45, 7) is 0. The van der Waals surface area contributed by atoms with Crippen LogP contribution in [0.5, 0.6) is 0 Å². The maximum absolute atomic E-state index is 13.2. The van der Waals surface area contributed by atoms with Crippen molar-refractivity contribution in [3.05, 3.63) is 69.7 Å². The molecule has 0 radical (unpaired) electrons. The van der Waals surface area contributed by atoms with Gasteiger partial charge < -0.3 is 18.6 Å². The molecular formula is C26H20Cl2N4O4. The number of esters is 2. The number of imidazole rings is 2. The summed E-state index contributed by atoms with van der Waals surface area (Å²) >= 11 is 13.9. The number of carbonyl (C=O) groups is 2. The summed E-state index contributed by atoms with van der Waals surface area (Å²) in [7, 11) is 6.06. The van der Waals surface area contributed by atoms with Gasteiger partial charge in [-0.15, -0.1) is 0 Å². The fourth-order valence-corrected chi connectivity index (χ4v) is 5.14. The Balaban J connectivity index is 1.96. The number of aryl methyl sites for hydroxylation is 2. The number of hydrogen-bond donors (Lipinski definition) is 0. The maximum Gasteiger partial charge on any atom is 0.340 e. The predicted octanol–water partition coefficient (Wildman–Crippen LogP) is 5.67. The molecule has 182 valence electrons. The number of fused-ring (bicyclic) bond motifs is 2. The van der Waals surface area contributed by atoms with E-state index in [0.29, 0.717) is 22.7 Å². The second-order valence-electron chi connectivity index (χ2n) is 8.08. The van der Waals surface area contributed by atoms with Gasteiger partial charge in [0.15, 0.2) is 0 Å². The minimum atomic E-state index is -0.736. The van der Waals surface area contributed by atoms with Gasteiger partial charge in [0.25, 0.3) is 0 Å². The number of rotatable bonds is 4. The van der Waals surface area contributed by atoms with Crippen LogP contribution in [0.1, 0.15) is 20.7 Å². The van der Waals surface area contributed by atoms with Crippen LogP contribution in [-0.4, -0.2) is 45.3 Å². The lowest BCUT2D eigenvalue weighted by atomic mass is 9.96. The van der Waals surface area contributed by atoms with Gasteiger partial charge in [0, 0.05) is 14.1 Å². The van der Waals surface area contributed by atoms with Crippen LogP contribution in [0.25, 0.3) is 44.8 Å². The second-order valence-corrected chi connectivity index (χ2v) is 8.83. The van der Waals surface area contributed by atoms with E-state index >= 15 is 0 Å². The molecule has 0 spiro atoms. The molecule has 10 heteroatoms. The number of methoxy groups -OCH3 is 2. The normalized spacial score (nSPS) is 11.3. The van der Waals surface area contributed by atoms with E-state index in [1.165, 1.54) is 14.2 Å². The molecule has 2 aromatic heterocycles. The summed E-state index contributed by atoms with van der Waals surface area (Å²) in [5.41, 5.74) is 3.22. The molecule has 0 aliphatic carbocycles. The first-order valence-electron chi connectivity index (χ1n) is 10.8. The Labute approximate surface area is 216 Å². The molecule has 0 bridgehead atoms. The van der Waals surface area contributed by atoms with Gasteiger partial charge in [-0.2, -0.15) is 0 Å². The maximum atomic E-state index is 13.2. The quantitative estimate of drug-likeness (QED) is 0.282. The average molecular weight is 523 g/mol. The minimum absolute atomic E-state index is 0.0303. The van der Waals surface area contributed by atoms with E-state index < -0.39 is 11.9 Å². The molecule has 2 heterocycles. The summed E-state index contributed by atoms with van der Waals surface area (Å²) in [5.74, 6) is -0.795. The Morgan fingerprint density at radius 1 is 0.694 bits per heavy atom. The molecule has 36 heavy (non-hydrogen) atoms. The molecule has 0 unspecified atom stereocenters. The lowest BCUT2D eigenvalue weighted by molar-refractivity contribution is 0.0588. The number of hydrogen-bond acceptors (Lipinski definition) is 6. The van der Waals surface area contributed by atoms with E-state index in [9.17, 15) is 9.59 Å². The number of ether oxygens (including phenoxy) is 2. The van der Waals surface area contributed by atoms with Gasteiger partial charge in [0.1, 0.15) is 11.6 Å². The molecule has 3 aromatic carbocycles. The molecule has 0 amide bonds. The number of carbonyl (C=O) groups excluding carboxylic acids is 2. The summed E-state index contributed by atoms with van der Waals surface area (Å²) < 4.78 is 13.7. The van der Waals surface area contributed by atoms with Crippen molar-refractivity contribution >= 4 is 57.2 Å². The highest BCUT2D eigenvalue weighted by molar-refractivity contribution is 6.43. The van der Waals surface area contributed by atoms with E-state index in [1.807, 2.05) is 48.5 Å². The smallest absolute Gasteiger partial charge is 0.340 e. The highest BCUT2D eigenvalue weighted by Crippen LogP contribution is 2.46. The van der Waals surface area contributed by atoms with Crippen LogP contribution in [0.2, 0.25) is 10.0 Å². The summed E-state index contributed by atoms with van der Waals surface area (Å²) in [6, 6.07) is 14.9. The first-order valence-corrected chi connectivity index (χ1v) is 11.6. The van der Waals surface area contributed by atoms with Crippen molar-refractivity contribution in [2.24, 2.45) is 14.1 Å². The fraction of sp³-hybridized carbons (Fsp3) is 0.154. The number of nitrogens with zero attached hydrogens (tertiary/aromatic N) is 4. The molecule has 0 aliphatic heterocycles. The van der Waals surface area contributed by atoms with Crippen LogP contribution in [0, 0.1) is 0 Å². The molecule has 0 fully saturated rings. The van der Waals surface area contributed by atoms with Crippen molar-refractivity contribution in [2.75, 3.05) is 14.2 Å². The van der Waals surface area contributed by atoms with Gasteiger partial charge in [-0.05, 0) is 24.3 Å². The van der Waals surface area contributed by atoms with Crippen molar-refractivity contribution in [1.29, 1.82) is 0 Å². The molecule has 0 saturated carbocycles. The lowest BCUT2D eigenvalue weighted by Gasteiger charge is -2.19. The van der Waals surface area contributed by atoms with Crippen LogP contribution < -0.4 is 0 Å². The average Bonchev–Trinajstić information content (AvgIpc) is 3.40. The van der Waals surface area contributed by atoms with Crippen LogP contribution in [0.3, 0.4) is 0 Å². The van der Waals surface area contributed by atoms with Gasteiger partial charge in [-0.25, -0.2) is 19.6 Å². The zero-order chi connectivity index (χ0) is 25.7. The van der Waals surface area contributed by atoms with Crippen LogP contribution >= 0.6 is 23.2 Å². The molecule has 0 atom stereocenters. The van der Waals surface area contributed by atoms with Gasteiger partial charge in [-0.1, -0.05) is 47.5 Å². The Morgan fingerprint density at radius 3 is 1.39 bits per heavy atom. The van der Waals surface area contributed by atoms with Gasteiger partial charge in [0.05, 0.1) is 68.6 Å². The molecule has 0 N–H and O–H groups in total.